The van der Waals surface area contributed by atoms with E-state index < -0.39 is 12.0 Å². The molecule has 1 atom stereocenters. The summed E-state index contributed by atoms with van der Waals surface area (Å²) in [6.07, 6.45) is 1.29. The molecule has 0 aliphatic rings. The van der Waals surface area contributed by atoms with Gasteiger partial charge in [0.25, 0.3) is 0 Å². The van der Waals surface area contributed by atoms with Gasteiger partial charge in [0, 0.05) is 17.3 Å². The fourth-order valence-corrected chi connectivity index (χ4v) is 2.62. The fraction of sp³-hybridized carbons (Fsp3) is 0.615. The summed E-state index contributed by atoms with van der Waals surface area (Å²) in [6, 6.07) is -0.996. The second kappa shape index (κ2) is 6.14. The minimum Gasteiger partial charge on any atom is -0.479 e. The van der Waals surface area contributed by atoms with Gasteiger partial charge in [-0.1, -0.05) is 27.7 Å². The van der Waals surface area contributed by atoms with Crippen LogP contribution in [0.3, 0.4) is 0 Å². The smallest absolute Gasteiger partial charge is 0.332 e. The van der Waals surface area contributed by atoms with Gasteiger partial charge in [0.05, 0.1) is 10.7 Å². The summed E-state index contributed by atoms with van der Waals surface area (Å²) in [7, 11) is 0. The third-order valence-electron chi connectivity index (χ3n) is 2.63. The maximum atomic E-state index is 11.4. The average Bonchev–Trinajstić information content (AvgIpc) is 2.76. The second-order valence-corrected chi connectivity index (χ2v) is 6.27. The number of thiazole rings is 1. The molecule has 0 saturated heterocycles. The van der Waals surface area contributed by atoms with Gasteiger partial charge in [-0.25, -0.2) is 9.78 Å². The Morgan fingerprint density at radius 2 is 2.21 bits per heavy atom. The van der Waals surface area contributed by atoms with Crippen molar-refractivity contribution in [2.75, 3.05) is 6.54 Å². The topological polar surface area (TPSA) is 70.5 Å². The van der Waals surface area contributed by atoms with E-state index in [1.807, 2.05) is 27.7 Å². The van der Waals surface area contributed by atoms with E-state index in [0.717, 1.165) is 5.01 Å². The lowest BCUT2D eigenvalue weighted by Crippen LogP contribution is -2.34. The summed E-state index contributed by atoms with van der Waals surface area (Å²) in [5.41, 5.74) is 0.311. The van der Waals surface area contributed by atoms with E-state index >= 15 is 0 Å². The maximum Gasteiger partial charge on any atom is 0.332 e. The number of carbonyl (C=O) groups excluding carboxylic acids is 1. The highest BCUT2D eigenvalue weighted by molar-refractivity contribution is 7.09. The molecule has 1 aromatic heterocycles. The summed E-state index contributed by atoms with van der Waals surface area (Å²) < 4.78 is 0. The van der Waals surface area contributed by atoms with E-state index in [1.54, 1.807) is 5.38 Å². The Bertz CT molecular complexity index is 451. The number of hydrogen-bond donors (Lipinski definition) is 1. The number of nitrogens with zero attached hydrogens (tertiary/aromatic N) is 2. The van der Waals surface area contributed by atoms with Crippen LogP contribution in [0.25, 0.3) is 0 Å². The van der Waals surface area contributed by atoms with Crippen LogP contribution in [0.1, 0.15) is 50.9 Å². The lowest BCUT2D eigenvalue weighted by Gasteiger charge is -2.23. The Morgan fingerprint density at radius 1 is 1.58 bits per heavy atom. The van der Waals surface area contributed by atoms with E-state index in [-0.39, 0.29) is 5.41 Å². The van der Waals surface area contributed by atoms with Crippen molar-refractivity contribution in [2.45, 2.75) is 45.6 Å². The van der Waals surface area contributed by atoms with E-state index in [9.17, 15) is 14.7 Å². The van der Waals surface area contributed by atoms with Gasteiger partial charge < -0.3 is 10.0 Å². The summed E-state index contributed by atoms with van der Waals surface area (Å²) in [5.74, 6) is -1.05. The fourth-order valence-electron chi connectivity index (χ4n) is 1.70. The van der Waals surface area contributed by atoms with Crippen LogP contribution in [-0.4, -0.2) is 33.9 Å². The number of carbonyl (C=O) groups is 2. The molecule has 106 valence electrons. The highest BCUT2D eigenvalue weighted by atomic mass is 32.1. The molecule has 6 heteroatoms. The first-order valence-corrected chi connectivity index (χ1v) is 7.09. The van der Waals surface area contributed by atoms with Crippen LogP contribution < -0.4 is 0 Å². The first-order chi connectivity index (χ1) is 8.81. The minimum absolute atomic E-state index is 0.122. The van der Waals surface area contributed by atoms with Gasteiger partial charge in [0.2, 0.25) is 6.41 Å². The molecule has 1 rings (SSSR count). The Balaban J connectivity index is 3.09. The SMILES string of the molecule is CCCN(C=O)C(C(=O)O)c1csc(C(C)(C)C)n1. The second-order valence-electron chi connectivity index (χ2n) is 5.41. The van der Waals surface area contributed by atoms with Crippen molar-refractivity contribution in [3.63, 3.8) is 0 Å². The highest BCUT2D eigenvalue weighted by Gasteiger charge is 2.30. The monoisotopic (exact) mass is 284 g/mol. The van der Waals surface area contributed by atoms with Crippen molar-refractivity contribution in [1.82, 2.24) is 9.88 Å². The van der Waals surface area contributed by atoms with Gasteiger partial charge in [-0.3, -0.25) is 4.79 Å². The number of aromatic nitrogens is 1. The molecule has 19 heavy (non-hydrogen) atoms. The summed E-state index contributed by atoms with van der Waals surface area (Å²) >= 11 is 1.43. The van der Waals surface area contributed by atoms with Crippen molar-refractivity contribution in [3.05, 3.63) is 16.1 Å². The van der Waals surface area contributed by atoms with Crippen LogP contribution in [0.4, 0.5) is 0 Å². The van der Waals surface area contributed by atoms with Crippen molar-refractivity contribution in [1.29, 1.82) is 0 Å². The van der Waals surface area contributed by atoms with Gasteiger partial charge in [0.15, 0.2) is 6.04 Å². The van der Waals surface area contributed by atoms with E-state index in [4.69, 9.17) is 0 Å². The molecule has 0 bridgehead atoms. The lowest BCUT2D eigenvalue weighted by atomic mass is 9.98. The van der Waals surface area contributed by atoms with Crippen molar-refractivity contribution < 1.29 is 14.7 Å². The largest absolute Gasteiger partial charge is 0.479 e. The Morgan fingerprint density at radius 3 is 2.58 bits per heavy atom. The highest BCUT2D eigenvalue weighted by Crippen LogP contribution is 2.29. The quantitative estimate of drug-likeness (QED) is 0.814. The third kappa shape index (κ3) is 3.76. The van der Waals surface area contributed by atoms with E-state index in [1.165, 1.54) is 16.2 Å². The molecule has 0 aromatic carbocycles. The molecule has 0 spiro atoms. The molecular weight excluding hydrogens is 264 g/mol. The number of rotatable bonds is 6. The zero-order valence-electron chi connectivity index (χ0n) is 11.7. The van der Waals surface area contributed by atoms with Crippen LogP contribution in [-0.2, 0) is 15.0 Å². The minimum atomic E-state index is -1.05. The molecule has 0 saturated carbocycles. The summed E-state index contributed by atoms with van der Waals surface area (Å²) in [5, 5.41) is 11.9. The van der Waals surface area contributed by atoms with Crippen molar-refractivity contribution in [3.8, 4) is 0 Å². The Kier molecular flexibility index (Phi) is 5.05. The summed E-state index contributed by atoms with van der Waals surface area (Å²) in [6.45, 7) is 8.37. The van der Waals surface area contributed by atoms with Crippen molar-refractivity contribution in [2.24, 2.45) is 0 Å². The molecule has 1 amide bonds. The van der Waals surface area contributed by atoms with E-state index in [0.29, 0.717) is 25.1 Å². The number of hydrogen-bond acceptors (Lipinski definition) is 4. The zero-order valence-corrected chi connectivity index (χ0v) is 12.5. The molecule has 1 N–H and O–H groups in total. The van der Waals surface area contributed by atoms with Crippen LogP contribution in [0.2, 0.25) is 0 Å². The molecule has 5 nitrogen and oxygen atoms in total. The molecular formula is C13H20N2O3S. The molecule has 0 aliphatic carbocycles. The summed E-state index contributed by atoms with van der Waals surface area (Å²) in [4.78, 5) is 28.1. The Labute approximate surface area is 117 Å². The van der Waals surface area contributed by atoms with Gasteiger partial charge >= 0.3 is 5.97 Å². The molecule has 0 aliphatic heterocycles. The molecule has 0 fully saturated rings. The molecule has 1 aromatic rings. The maximum absolute atomic E-state index is 11.4. The predicted molar refractivity (Wildman–Crippen MR) is 74.3 cm³/mol. The van der Waals surface area contributed by atoms with Gasteiger partial charge in [0.1, 0.15) is 0 Å². The molecule has 1 heterocycles. The van der Waals surface area contributed by atoms with Crippen LogP contribution >= 0.6 is 11.3 Å². The first kappa shape index (κ1) is 15.6. The van der Waals surface area contributed by atoms with E-state index in [2.05, 4.69) is 4.98 Å². The number of aliphatic carboxylic acids is 1. The normalized spacial score (nSPS) is 13.1. The zero-order chi connectivity index (χ0) is 14.6. The predicted octanol–water partition coefficient (Wildman–Crippen LogP) is 2.43. The number of carboxylic acids is 1. The van der Waals surface area contributed by atoms with Crippen LogP contribution in [0.15, 0.2) is 5.38 Å². The van der Waals surface area contributed by atoms with Gasteiger partial charge in [-0.2, -0.15) is 0 Å². The van der Waals surface area contributed by atoms with Gasteiger partial charge in [-0.15, -0.1) is 11.3 Å². The number of carboxylic acid groups (broad SMARTS) is 1. The first-order valence-electron chi connectivity index (χ1n) is 6.21. The van der Waals surface area contributed by atoms with Crippen LogP contribution in [0.5, 0.6) is 0 Å². The number of amides is 1. The van der Waals surface area contributed by atoms with Crippen molar-refractivity contribution >= 4 is 23.7 Å². The Hall–Kier alpha value is -1.43. The third-order valence-corrected chi connectivity index (χ3v) is 3.91. The van der Waals surface area contributed by atoms with Gasteiger partial charge in [-0.05, 0) is 6.42 Å². The molecule has 0 radical (unpaired) electrons. The van der Waals surface area contributed by atoms with Crippen LogP contribution in [0, 0.1) is 0 Å². The standard InChI is InChI=1S/C13H20N2O3S/c1-5-6-15(8-16)10(11(17)18)9-7-19-12(14-9)13(2,3)4/h7-8,10H,5-6H2,1-4H3,(H,17,18). The molecule has 1 unspecified atom stereocenters. The lowest BCUT2D eigenvalue weighted by molar-refractivity contribution is -0.146. The average molecular weight is 284 g/mol.